The number of pyridine rings is 2. The molecule has 25 heavy (non-hydrogen) atoms. The summed E-state index contributed by atoms with van der Waals surface area (Å²) >= 11 is 12.1. The highest BCUT2D eigenvalue weighted by molar-refractivity contribution is 6.35. The number of rotatable bonds is 5. The lowest BCUT2D eigenvalue weighted by Gasteiger charge is -2.09. The van der Waals surface area contributed by atoms with Gasteiger partial charge in [0, 0.05) is 30.2 Å². The number of nitrogens with one attached hydrogen (secondary N) is 2. The number of nitrogens with zero attached hydrogens (tertiary/aromatic N) is 2. The van der Waals surface area contributed by atoms with Gasteiger partial charge in [0.1, 0.15) is 5.82 Å². The lowest BCUT2D eigenvalue weighted by molar-refractivity contribution is 0.0950. The summed E-state index contributed by atoms with van der Waals surface area (Å²) in [4.78, 5) is 20.3. The smallest absolute Gasteiger partial charge is 0.253 e. The van der Waals surface area contributed by atoms with Gasteiger partial charge >= 0.3 is 0 Å². The Bertz CT molecular complexity index is 870. The molecule has 7 heteroatoms. The highest BCUT2D eigenvalue weighted by Crippen LogP contribution is 2.27. The van der Waals surface area contributed by atoms with E-state index in [9.17, 15) is 4.79 Å². The quantitative estimate of drug-likeness (QED) is 0.693. The first kappa shape index (κ1) is 17.2. The van der Waals surface area contributed by atoms with Crippen LogP contribution in [0, 0.1) is 0 Å². The molecule has 0 atom stereocenters. The molecule has 3 rings (SSSR count). The van der Waals surface area contributed by atoms with Crippen molar-refractivity contribution < 1.29 is 4.79 Å². The number of hydrogen-bond donors (Lipinski definition) is 2. The monoisotopic (exact) mass is 372 g/mol. The molecule has 5 nitrogen and oxygen atoms in total. The first-order valence-electron chi connectivity index (χ1n) is 7.47. The third-order valence-electron chi connectivity index (χ3n) is 3.42. The summed E-state index contributed by atoms with van der Waals surface area (Å²) in [6.45, 7) is 0.430. The van der Waals surface area contributed by atoms with Gasteiger partial charge in [-0.15, -0.1) is 0 Å². The van der Waals surface area contributed by atoms with E-state index in [1.54, 1.807) is 42.7 Å². The Morgan fingerprint density at radius 1 is 1.04 bits per heavy atom. The molecule has 0 fully saturated rings. The van der Waals surface area contributed by atoms with Crippen molar-refractivity contribution in [3.63, 3.8) is 0 Å². The number of carbonyl (C=O) groups is 1. The molecule has 2 aromatic heterocycles. The van der Waals surface area contributed by atoms with Crippen molar-refractivity contribution in [1.82, 2.24) is 15.3 Å². The second-order valence-electron chi connectivity index (χ2n) is 5.22. The van der Waals surface area contributed by atoms with E-state index in [0.717, 1.165) is 5.56 Å². The third kappa shape index (κ3) is 4.68. The predicted octanol–water partition coefficient (Wildman–Crippen LogP) is 4.46. The molecule has 0 spiro atoms. The molecule has 0 unspecified atom stereocenters. The van der Waals surface area contributed by atoms with Crippen molar-refractivity contribution in [2.75, 3.05) is 5.32 Å². The van der Waals surface area contributed by atoms with Crippen LogP contribution in [0.4, 0.5) is 11.5 Å². The maximum absolute atomic E-state index is 12.2. The van der Waals surface area contributed by atoms with Gasteiger partial charge < -0.3 is 10.6 Å². The van der Waals surface area contributed by atoms with Gasteiger partial charge in [0.25, 0.3) is 5.91 Å². The minimum atomic E-state index is -0.198. The largest absolute Gasteiger partial charge is 0.348 e. The van der Waals surface area contributed by atoms with Crippen LogP contribution in [0.3, 0.4) is 0 Å². The van der Waals surface area contributed by atoms with Crippen LogP contribution in [-0.4, -0.2) is 15.9 Å². The van der Waals surface area contributed by atoms with Crippen molar-refractivity contribution in [3.8, 4) is 0 Å². The number of halogens is 2. The number of amides is 1. The zero-order valence-corrected chi connectivity index (χ0v) is 14.6. The van der Waals surface area contributed by atoms with Crippen LogP contribution in [0.25, 0.3) is 0 Å². The van der Waals surface area contributed by atoms with Crippen LogP contribution in [-0.2, 0) is 6.54 Å². The molecule has 3 aromatic rings. The molecule has 0 saturated carbocycles. The van der Waals surface area contributed by atoms with Crippen molar-refractivity contribution in [2.24, 2.45) is 0 Å². The molecular formula is C18H14Cl2N4O. The number of carbonyl (C=O) groups excluding carboxylic acids is 1. The van der Waals surface area contributed by atoms with Crippen LogP contribution in [0.2, 0.25) is 10.0 Å². The fourth-order valence-corrected chi connectivity index (χ4v) is 2.46. The minimum absolute atomic E-state index is 0.198. The molecule has 2 heterocycles. The van der Waals surface area contributed by atoms with E-state index in [4.69, 9.17) is 23.2 Å². The van der Waals surface area contributed by atoms with E-state index in [0.29, 0.717) is 33.7 Å². The fraction of sp³-hybridized carbons (Fsp3) is 0.0556. The lowest BCUT2D eigenvalue weighted by atomic mass is 10.2. The average Bonchev–Trinajstić information content (AvgIpc) is 2.64. The fourth-order valence-electron chi connectivity index (χ4n) is 2.12. The Balaban J connectivity index is 1.63. The number of hydrogen-bond acceptors (Lipinski definition) is 4. The van der Waals surface area contributed by atoms with Gasteiger partial charge in [-0.3, -0.25) is 9.78 Å². The zero-order valence-electron chi connectivity index (χ0n) is 13.0. The van der Waals surface area contributed by atoms with Gasteiger partial charge in [0.15, 0.2) is 0 Å². The molecule has 1 aromatic carbocycles. The Morgan fingerprint density at radius 3 is 2.56 bits per heavy atom. The highest BCUT2D eigenvalue weighted by atomic mass is 35.5. The second kappa shape index (κ2) is 7.96. The van der Waals surface area contributed by atoms with E-state index in [-0.39, 0.29) is 5.91 Å². The highest BCUT2D eigenvalue weighted by Gasteiger charge is 2.07. The van der Waals surface area contributed by atoms with E-state index in [1.165, 1.54) is 6.20 Å². The molecule has 0 aliphatic rings. The Hall–Kier alpha value is -2.63. The standard InChI is InChI=1S/C18H14Cl2N4O/c19-14-2-3-15(20)16(9-14)24-17-4-1-13(11-22-17)18(25)23-10-12-5-7-21-8-6-12/h1-9,11H,10H2,(H,22,24)(H,23,25). The summed E-state index contributed by atoms with van der Waals surface area (Å²) in [7, 11) is 0. The number of benzene rings is 1. The summed E-state index contributed by atoms with van der Waals surface area (Å²) in [6.07, 6.45) is 4.87. The molecule has 0 aliphatic carbocycles. The summed E-state index contributed by atoms with van der Waals surface area (Å²) in [5.41, 5.74) is 2.10. The number of anilines is 2. The van der Waals surface area contributed by atoms with E-state index < -0.39 is 0 Å². The summed E-state index contributed by atoms with van der Waals surface area (Å²) in [6, 6.07) is 12.2. The van der Waals surface area contributed by atoms with Crippen LogP contribution in [0.15, 0.2) is 61.1 Å². The Kier molecular flexibility index (Phi) is 5.48. The molecular weight excluding hydrogens is 359 g/mol. The predicted molar refractivity (Wildman–Crippen MR) is 99.4 cm³/mol. The first-order chi connectivity index (χ1) is 12.1. The van der Waals surface area contributed by atoms with E-state index in [1.807, 2.05) is 12.1 Å². The zero-order chi connectivity index (χ0) is 17.6. The summed E-state index contributed by atoms with van der Waals surface area (Å²) < 4.78 is 0. The molecule has 0 radical (unpaired) electrons. The average molecular weight is 373 g/mol. The summed E-state index contributed by atoms with van der Waals surface area (Å²) in [5.74, 6) is 0.367. The van der Waals surface area contributed by atoms with Crippen LogP contribution >= 0.6 is 23.2 Å². The normalized spacial score (nSPS) is 10.3. The third-order valence-corrected chi connectivity index (χ3v) is 3.98. The molecule has 0 saturated heterocycles. The van der Waals surface area contributed by atoms with Crippen molar-refractivity contribution in [2.45, 2.75) is 6.54 Å². The Labute approximate surface area is 155 Å². The van der Waals surface area contributed by atoms with Crippen molar-refractivity contribution >= 4 is 40.6 Å². The topological polar surface area (TPSA) is 66.9 Å². The van der Waals surface area contributed by atoms with Gasteiger partial charge in [-0.1, -0.05) is 23.2 Å². The first-order valence-corrected chi connectivity index (χ1v) is 8.22. The maximum atomic E-state index is 12.2. The SMILES string of the molecule is O=C(NCc1ccncc1)c1ccc(Nc2cc(Cl)ccc2Cl)nc1. The van der Waals surface area contributed by atoms with Gasteiger partial charge in [-0.25, -0.2) is 4.98 Å². The van der Waals surface area contributed by atoms with E-state index >= 15 is 0 Å². The van der Waals surface area contributed by atoms with Crippen LogP contribution in [0.1, 0.15) is 15.9 Å². The lowest BCUT2D eigenvalue weighted by Crippen LogP contribution is -2.22. The Morgan fingerprint density at radius 2 is 1.84 bits per heavy atom. The molecule has 126 valence electrons. The van der Waals surface area contributed by atoms with Crippen molar-refractivity contribution in [1.29, 1.82) is 0 Å². The van der Waals surface area contributed by atoms with Crippen LogP contribution in [0.5, 0.6) is 0 Å². The number of aromatic nitrogens is 2. The molecule has 1 amide bonds. The molecule has 2 N–H and O–H groups in total. The summed E-state index contributed by atoms with van der Waals surface area (Å²) in [5, 5.41) is 7.01. The minimum Gasteiger partial charge on any atom is -0.348 e. The van der Waals surface area contributed by atoms with Gasteiger partial charge in [-0.2, -0.15) is 0 Å². The van der Waals surface area contributed by atoms with Gasteiger partial charge in [0.2, 0.25) is 0 Å². The van der Waals surface area contributed by atoms with Crippen LogP contribution < -0.4 is 10.6 Å². The van der Waals surface area contributed by atoms with Crippen molar-refractivity contribution in [3.05, 3.63) is 82.2 Å². The molecule has 0 bridgehead atoms. The molecule has 0 aliphatic heterocycles. The second-order valence-corrected chi connectivity index (χ2v) is 6.06. The van der Waals surface area contributed by atoms with Gasteiger partial charge in [0.05, 0.1) is 16.3 Å². The van der Waals surface area contributed by atoms with E-state index in [2.05, 4.69) is 20.6 Å². The van der Waals surface area contributed by atoms with Gasteiger partial charge in [-0.05, 0) is 48.0 Å². The maximum Gasteiger partial charge on any atom is 0.253 e.